The van der Waals surface area contributed by atoms with Crippen molar-refractivity contribution in [3.63, 3.8) is 0 Å². The van der Waals surface area contributed by atoms with Gasteiger partial charge in [-0.2, -0.15) is 0 Å². The molecule has 1 aliphatic rings. The number of aromatic nitrogens is 3. The normalized spacial score (nSPS) is 19.5. The minimum atomic E-state index is -0.426. The highest BCUT2D eigenvalue weighted by atomic mass is 79.9. The van der Waals surface area contributed by atoms with Gasteiger partial charge in [-0.05, 0) is 48.2 Å². The Morgan fingerprint density at radius 2 is 2.50 bits per heavy atom. The number of aromatic amines is 1. The van der Waals surface area contributed by atoms with E-state index in [1.54, 1.807) is 13.1 Å². The molecule has 0 saturated carbocycles. The second kappa shape index (κ2) is 6.75. The number of hydrogen-bond acceptors (Lipinski definition) is 5. The molecule has 3 heterocycles. The zero-order valence-corrected chi connectivity index (χ0v) is 13.9. The molecule has 1 N–H and O–H groups in total. The van der Waals surface area contributed by atoms with Crippen molar-refractivity contribution in [3.05, 3.63) is 22.6 Å². The molecule has 0 amide bonds. The molecular formula is C15H18BrN3O3. The Balaban J connectivity index is 1.57. The molecule has 3 rings (SSSR count). The lowest BCUT2D eigenvalue weighted by Crippen LogP contribution is -2.13. The van der Waals surface area contributed by atoms with Crippen LogP contribution in [0.2, 0.25) is 0 Å². The van der Waals surface area contributed by atoms with Gasteiger partial charge in [0, 0.05) is 23.7 Å². The van der Waals surface area contributed by atoms with Crippen LogP contribution in [-0.4, -0.2) is 33.6 Å². The van der Waals surface area contributed by atoms with E-state index < -0.39 is 6.10 Å². The smallest absolute Gasteiger partial charge is 0.306 e. The summed E-state index contributed by atoms with van der Waals surface area (Å²) in [5.41, 5.74) is 1.42. The van der Waals surface area contributed by atoms with Crippen LogP contribution in [0.15, 0.2) is 16.7 Å². The first-order chi connectivity index (χ1) is 10.6. The van der Waals surface area contributed by atoms with Gasteiger partial charge in [-0.1, -0.05) is 0 Å². The molecule has 0 aliphatic carbocycles. The van der Waals surface area contributed by atoms with Crippen molar-refractivity contribution in [1.82, 2.24) is 15.0 Å². The Labute approximate surface area is 136 Å². The Kier molecular flexibility index (Phi) is 4.73. The highest BCUT2D eigenvalue weighted by Crippen LogP contribution is 2.21. The van der Waals surface area contributed by atoms with Gasteiger partial charge in [0.15, 0.2) is 11.8 Å². The predicted molar refractivity (Wildman–Crippen MR) is 84.3 cm³/mol. The third-order valence-corrected chi connectivity index (χ3v) is 4.14. The van der Waals surface area contributed by atoms with Crippen LogP contribution in [0.3, 0.4) is 0 Å². The number of esters is 1. The summed E-state index contributed by atoms with van der Waals surface area (Å²) >= 11 is 3.36. The number of fused-ring (bicyclic) bond motifs is 1. The van der Waals surface area contributed by atoms with Crippen LogP contribution in [0.5, 0.6) is 0 Å². The number of H-pyrrole nitrogens is 1. The van der Waals surface area contributed by atoms with Crippen molar-refractivity contribution in [2.24, 2.45) is 0 Å². The first kappa shape index (κ1) is 15.4. The van der Waals surface area contributed by atoms with E-state index in [1.807, 2.05) is 6.07 Å². The number of carbonyl (C=O) groups excluding carboxylic acids is 1. The number of carbonyl (C=O) groups is 1. The van der Waals surface area contributed by atoms with Gasteiger partial charge in [0.25, 0.3) is 0 Å². The van der Waals surface area contributed by atoms with Crippen LogP contribution < -0.4 is 0 Å². The molecule has 6 nitrogen and oxygen atoms in total. The SMILES string of the molecule is CC(OC(=O)CCC1CCCO1)c1nc2ncc(Br)cc2[nH]1. The van der Waals surface area contributed by atoms with Crippen molar-refractivity contribution in [3.8, 4) is 0 Å². The van der Waals surface area contributed by atoms with E-state index in [9.17, 15) is 4.79 Å². The van der Waals surface area contributed by atoms with E-state index in [4.69, 9.17) is 9.47 Å². The highest BCUT2D eigenvalue weighted by molar-refractivity contribution is 9.10. The fourth-order valence-corrected chi connectivity index (χ4v) is 2.88. The second-order valence-corrected chi connectivity index (χ2v) is 6.37. The molecule has 2 aromatic heterocycles. The van der Waals surface area contributed by atoms with Gasteiger partial charge in [0.2, 0.25) is 0 Å². The van der Waals surface area contributed by atoms with Crippen LogP contribution >= 0.6 is 15.9 Å². The summed E-state index contributed by atoms with van der Waals surface area (Å²) in [4.78, 5) is 23.6. The number of nitrogens with zero attached hydrogens (tertiary/aromatic N) is 2. The summed E-state index contributed by atoms with van der Waals surface area (Å²) in [5, 5.41) is 0. The molecule has 118 valence electrons. The molecular weight excluding hydrogens is 350 g/mol. The molecule has 0 spiro atoms. The summed E-state index contributed by atoms with van der Waals surface area (Å²) in [6.07, 6.45) is 4.68. The summed E-state index contributed by atoms with van der Waals surface area (Å²) < 4.78 is 11.8. The lowest BCUT2D eigenvalue weighted by atomic mass is 10.1. The minimum Gasteiger partial charge on any atom is -0.454 e. The van der Waals surface area contributed by atoms with Crippen molar-refractivity contribution >= 4 is 33.1 Å². The Morgan fingerprint density at radius 3 is 3.27 bits per heavy atom. The topological polar surface area (TPSA) is 77.1 Å². The molecule has 7 heteroatoms. The van der Waals surface area contributed by atoms with Gasteiger partial charge in [-0.25, -0.2) is 9.97 Å². The quantitative estimate of drug-likeness (QED) is 0.820. The van der Waals surface area contributed by atoms with Gasteiger partial charge in [-0.15, -0.1) is 0 Å². The van der Waals surface area contributed by atoms with Gasteiger partial charge >= 0.3 is 5.97 Å². The number of imidazole rings is 1. The Morgan fingerprint density at radius 1 is 1.64 bits per heavy atom. The van der Waals surface area contributed by atoms with Gasteiger partial charge in [0.1, 0.15) is 5.82 Å². The number of pyridine rings is 1. The van der Waals surface area contributed by atoms with Crippen LogP contribution in [0.4, 0.5) is 0 Å². The maximum atomic E-state index is 11.9. The van der Waals surface area contributed by atoms with Gasteiger partial charge in [0.05, 0.1) is 11.6 Å². The molecule has 2 unspecified atom stereocenters. The lowest BCUT2D eigenvalue weighted by molar-refractivity contribution is -0.149. The predicted octanol–water partition coefficient (Wildman–Crippen LogP) is 3.28. The first-order valence-electron chi connectivity index (χ1n) is 7.44. The zero-order chi connectivity index (χ0) is 15.5. The van der Waals surface area contributed by atoms with E-state index in [2.05, 4.69) is 30.9 Å². The summed E-state index contributed by atoms with van der Waals surface area (Å²) in [7, 11) is 0. The first-order valence-corrected chi connectivity index (χ1v) is 8.23. The van der Waals surface area contributed by atoms with E-state index in [1.165, 1.54) is 0 Å². The molecule has 1 fully saturated rings. The monoisotopic (exact) mass is 367 g/mol. The van der Waals surface area contributed by atoms with E-state index in [-0.39, 0.29) is 12.1 Å². The average molecular weight is 368 g/mol. The van der Waals surface area contributed by atoms with E-state index >= 15 is 0 Å². The maximum absolute atomic E-state index is 11.9. The van der Waals surface area contributed by atoms with Crippen LogP contribution in [-0.2, 0) is 14.3 Å². The summed E-state index contributed by atoms with van der Waals surface area (Å²) in [6.45, 7) is 2.61. The number of hydrogen-bond donors (Lipinski definition) is 1. The van der Waals surface area contributed by atoms with Crippen LogP contribution in [0.1, 0.15) is 44.5 Å². The fourth-order valence-electron chi connectivity index (χ4n) is 2.55. The molecule has 1 saturated heterocycles. The summed E-state index contributed by atoms with van der Waals surface area (Å²) in [5.74, 6) is 0.378. The number of halogens is 1. The minimum absolute atomic E-state index is 0.204. The molecule has 1 aliphatic heterocycles. The van der Waals surface area contributed by atoms with Crippen molar-refractivity contribution < 1.29 is 14.3 Å². The van der Waals surface area contributed by atoms with Gasteiger partial charge < -0.3 is 14.5 Å². The molecule has 2 aromatic rings. The lowest BCUT2D eigenvalue weighted by Gasteiger charge is -2.12. The Hall–Kier alpha value is -1.47. The van der Waals surface area contributed by atoms with E-state index in [0.717, 1.165) is 35.9 Å². The van der Waals surface area contributed by atoms with Crippen molar-refractivity contribution in [1.29, 1.82) is 0 Å². The Bertz CT molecular complexity index is 667. The molecule has 0 bridgehead atoms. The molecule has 0 radical (unpaired) electrons. The number of ether oxygens (including phenoxy) is 2. The standard InChI is InChI=1S/C15H18BrN3O3/c1-9(22-13(20)5-4-11-3-2-6-21-11)14-18-12-7-10(16)8-17-15(12)19-14/h7-9,11H,2-6H2,1H3,(H,17,18,19). The largest absolute Gasteiger partial charge is 0.454 e. The third kappa shape index (κ3) is 3.64. The zero-order valence-electron chi connectivity index (χ0n) is 12.3. The van der Waals surface area contributed by atoms with Crippen LogP contribution in [0.25, 0.3) is 11.2 Å². The van der Waals surface area contributed by atoms with E-state index in [0.29, 0.717) is 17.9 Å². The van der Waals surface area contributed by atoms with Gasteiger partial charge in [-0.3, -0.25) is 4.79 Å². The summed E-state index contributed by atoms with van der Waals surface area (Å²) in [6, 6.07) is 1.89. The molecule has 2 atom stereocenters. The number of rotatable bonds is 5. The molecule has 22 heavy (non-hydrogen) atoms. The van der Waals surface area contributed by atoms with Crippen molar-refractivity contribution in [2.75, 3.05) is 6.61 Å². The second-order valence-electron chi connectivity index (χ2n) is 5.45. The third-order valence-electron chi connectivity index (χ3n) is 3.71. The number of nitrogens with one attached hydrogen (secondary N) is 1. The fraction of sp³-hybridized carbons (Fsp3) is 0.533. The van der Waals surface area contributed by atoms with Crippen molar-refractivity contribution in [2.45, 2.75) is 44.8 Å². The highest BCUT2D eigenvalue weighted by Gasteiger charge is 2.20. The van der Waals surface area contributed by atoms with Crippen LogP contribution in [0, 0.1) is 0 Å². The molecule has 0 aromatic carbocycles. The average Bonchev–Trinajstić information content (AvgIpc) is 3.13. The maximum Gasteiger partial charge on any atom is 0.306 e.